The number of aryl methyl sites for hydroxylation is 1. The van der Waals surface area contributed by atoms with Gasteiger partial charge in [-0.1, -0.05) is 12.1 Å². The number of hydrogen-bond donors (Lipinski definition) is 1. The Hall–Kier alpha value is -2.14. The predicted octanol–water partition coefficient (Wildman–Crippen LogP) is 2.53. The van der Waals surface area contributed by atoms with Gasteiger partial charge in [-0.15, -0.1) is 0 Å². The minimum absolute atomic E-state index is 0.118. The van der Waals surface area contributed by atoms with Gasteiger partial charge in [-0.3, -0.25) is 9.59 Å². The van der Waals surface area contributed by atoms with Crippen molar-refractivity contribution >= 4 is 16.8 Å². The van der Waals surface area contributed by atoms with E-state index in [4.69, 9.17) is 16.3 Å². The highest BCUT2D eigenvalue weighted by Gasteiger charge is 2.08. The summed E-state index contributed by atoms with van der Waals surface area (Å²) in [5.41, 5.74) is 1.62. The van der Waals surface area contributed by atoms with Crippen LogP contribution in [0.3, 0.4) is 0 Å². The molecule has 1 aromatic heterocycles. The van der Waals surface area contributed by atoms with Crippen molar-refractivity contribution in [3.8, 4) is 17.0 Å². The Morgan fingerprint density at radius 2 is 2.19 bits per heavy atom. The van der Waals surface area contributed by atoms with Crippen LogP contribution in [0.2, 0.25) is 0 Å². The van der Waals surface area contributed by atoms with Crippen molar-refractivity contribution in [3.63, 3.8) is 0 Å². The molecule has 0 amide bonds. The summed E-state index contributed by atoms with van der Waals surface area (Å²) in [6, 6.07) is 9.10. The topological polar surface area (TPSA) is 72.1 Å². The fourth-order valence-electron chi connectivity index (χ4n) is 1.92. The Bertz CT molecular complexity index is 697. The molecule has 2 aromatic rings. The molecule has 1 heterocycles. The van der Waals surface area contributed by atoms with E-state index in [1.807, 2.05) is 31.2 Å². The van der Waals surface area contributed by atoms with Crippen LogP contribution in [0.4, 0.5) is 0 Å². The molecular weight excluding hydrogens is 292 g/mol. The molecule has 6 heteroatoms. The fraction of sp³-hybridized carbons (Fsp3) is 0.267. The standard InChI is InChI=1S/C15H15ClN2O3/c1-2-21-12-5-3-4-10(8-12)13-9-11(6-7-14(16)19)15(20)18-17-13/h3-5,8-9H,2,6-7H2,1H3,(H,18,20). The number of ether oxygens (including phenoxy) is 1. The van der Waals surface area contributed by atoms with Crippen LogP contribution in [0.15, 0.2) is 35.1 Å². The third-order valence-corrected chi connectivity index (χ3v) is 3.10. The van der Waals surface area contributed by atoms with Crippen LogP contribution in [0.25, 0.3) is 11.3 Å². The molecule has 0 bridgehead atoms. The van der Waals surface area contributed by atoms with Crippen molar-refractivity contribution in [2.24, 2.45) is 0 Å². The maximum atomic E-state index is 11.7. The number of hydrogen-bond acceptors (Lipinski definition) is 4. The van der Waals surface area contributed by atoms with E-state index < -0.39 is 5.24 Å². The molecule has 0 aliphatic heterocycles. The molecule has 21 heavy (non-hydrogen) atoms. The Morgan fingerprint density at radius 3 is 2.90 bits per heavy atom. The zero-order valence-corrected chi connectivity index (χ0v) is 12.3. The molecular formula is C15H15ClN2O3. The predicted molar refractivity (Wildman–Crippen MR) is 80.6 cm³/mol. The molecule has 0 unspecified atom stereocenters. The quantitative estimate of drug-likeness (QED) is 0.832. The lowest BCUT2D eigenvalue weighted by Crippen LogP contribution is -2.15. The van der Waals surface area contributed by atoms with Crippen LogP contribution in [-0.4, -0.2) is 22.0 Å². The SMILES string of the molecule is CCOc1cccc(-c2cc(CCC(=O)Cl)c(=O)[nH]n2)c1. The number of aromatic nitrogens is 2. The molecule has 0 aliphatic rings. The summed E-state index contributed by atoms with van der Waals surface area (Å²) in [5.74, 6) is 0.737. The first-order valence-electron chi connectivity index (χ1n) is 6.60. The number of benzene rings is 1. The van der Waals surface area contributed by atoms with E-state index in [1.54, 1.807) is 6.07 Å². The van der Waals surface area contributed by atoms with Crippen molar-refractivity contribution in [3.05, 3.63) is 46.2 Å². The maximum absolute atomic E-state index is 11.7. The molecule has 5 nitrogen and oxygen atoms in total. The third-order valence-electron chi connectivity index (χ3n) is 2.91. The minimum atomic E-state index is -0.467. The van der Waals surface area contributed by atoms with Crippen molar-refractivity contribution in [1.29, 1.82) is 0 Å². The van der Waals surface area contributed by atoms with E-state index >= 15 is 0 Å². The Labute approximate surface area is 126 Å². The number of carbonyl (C=O) groups is 1. The van der Waals surface area contributed by atoms with E-state index in [9.17, 15) is 9.59 Å². The zero-order valence-electron chi connectivity index (χ0n) is 11.6. The van der Waals surface area contributed by atoms with Crippen LogP contribution in [0.5, 0.6) is 5.75 Å². The minimum Gasteiger partial charge on any atom is -0.494 e. The first-order chi connectivity index (χ1) is 10.1. The molecule has 0 atom stereocenters. The number of halogens is 1. The number of H-pyrrole nitrogens is 1. The lowest BCUT2D eigenvalue weighted by molar-refractivity contribution is -0.111. The summed E-state index contributed by atoms with van der Waals surface area (Å²) in [4.78, 5) is 22.5. The first kappa shape index (κ1) is 15.3. The second-order valence-corrected chi connectivity index (χ2v) is 4.85. The number of nitrogens with zero attached hydrogens (tertiary/aromatic N) is 1. The highest BCUT2D eigenvalue weighted by atomic mass is 35.5. The Morgan fingerprint density at radius 1 is 1.38 bits per heavy atom. The van der Waals surface area contributed by atoms with Gasteiger partial charge in [-0.05, 0) is 43.1 Å². The van der Waals surface area contributed by atoms with E-state index in [2.05, 4.69) is 10.2 Å². The van der Waals surface area contributed by atoms with E-state index in [0.29, 0.717) is 24.3 Å². The lowest BCUT2D eigenvalue weighted by Gasteiger charge is -2.06. The number of aromatic amines is 1. The molecule has 0 saturated heterocycles. The second kappa shape index (κ2) is 7.04. The molecule has 0 spiro atoms. The fourth-order valence-corrected chi connectivity index (χ4v) is 2.02. The second-order valence-electron chi connectivity index (χ2n) is 4.42. The number of carbonyl (C=O) groups excluding carboxylic acids is 1. The highest BCUT2D eigenvalue weighted by molar-refractivity contribution is 6.63. The molecule has 110 valence electrons. The van der Waals surface area contributed by atoms with Gasteiger partial charge in [0.1, 0.15) is 5.75 Å². The number of rotatable bonds is 6. The molecule has 1 N–H and O–H groups in total. The molecule has 0 radical (unpaired) electrons. The van der Waals surface area contributed by atoms with E-state index in [1.165, 1.54) is 0 Å². The van der Waals surface area contributed by atoms with Gasteiger partial charge >= 0.3 is 0 Å². The van der Waals surface area contributed by atoms with Gasteiger partial charge in [0.25, 0.3) is 5.56 Å². The van der Waals surface area contributed by atoms with Gasteiger partial charge in [0.2, 0.25) is 5.24 Å². The van der Waals surface area contributed by atoms with Gasteiger partial charge < -0.3 is 4.74 Å². The molecule has 0 fully saturated rings. The Kier molecular flexibility index (Phi) is 5.11. The Balaban J connectivity index is 2.31. The van der Waals surface area contributed by atoms with Gasteiger partial charge in [-0.2, -0.15) is 5.10 Å². The van der Waals surface area contributed by atoms with Gasteiger partial charge in [0.15, 0.2) is 0 Å². The maximum Gasteiger partial charge on any atom is 0.267 e. The summed E-state index contributed by atoms with van der Waals surface area (Å²) in [6.45, 7) is 2.48. The lowest BCUT2D eigenvalue weighted by atomic mass is 10.1. The van der Waals surface area contributed by atoms with Crippen molar-refractivity contribution < 1.29 is 9.53 Å². The van der Waals surface area contributed by atoms with E-state index in [-0.39, 0.29) is 12.0 Å². The van der Waals surface area contributed by atoms with Crippen molar-refractivity contribution in [2.45, 2.75) is 19.8 Å². The summed E-state index contributed by atoms with van der Waals surface area (Å²) in [5, 5.41) is 6.00. The molecule has 1 aromatic carbocycles. The van der Waals surface area contributed by atoms with Gasteiger partial charge in [0, 0.05) is 17.5 Å². The smallest absolute Gasteiger partial charge is 0.267 e. The van der Waals surface area contributed by atoms with Crippen LogP contribution >= 0.6 is 11.6 Å². The van der Waals surface area contributed by atoms with Gasteiger partial charge in [0.05, 0.1) is 12.3 Å². The molecule has 0 aliphatic carbocycles. The molecule has 2 rings (SSSR count). The summed E-state index contributed by atoms with van der Waals surface area (Å²) < 4.78 is 5.44. The summed E-state index contributed by atoms with van der Waals surface area (Å²) in [7, 11) is 0. The summed E-state index contributed by atoms with van der Waals surface area (Å²) >= 11 is 5.31. The largest absolute Gasteiger partial charge is 0.494 e. The van der Waals surface area contributed by atoms with Gasteiger partial charge in [-0.25, -0.2) is 5.10 Å². The van der Waals surface area contributed by atoms with E-state index in [0.717, 1.165) is 11.3 Å². The average Bonchev–Trinajstić information content (AvgIpc) is 2.47. The zero-order chi connectivity index (χ0) is 15.2. The van der Waals surface area contributed by atoms with Crippen LogP contribution in [-0.2, 0) is 11.2 Å². The molecule has 0 saturated carbocycles. The third kappa shape index (κ3) is 4.16. The first-order valence-corrected chi connectivity index (χ1v) is 6.98. The monoisotopic (exact) mass is 306 g/mol. The normalized spacial score (nSPS) is 10.4. The average molecular weight is 307 g/mol. The van der Waals surface area contributed by atoms with Crippen LogP contribution in [0, 0.1) is 0 Å². The highest BCUT2D eigenvalue weighted by Crippen LogP contribution is 2.22. The van der Waals surface area contributed by atoms with Crippen molar-refractivity contribution in [1.82, 2.24) is 10.2 Å². The van der Waals surface area contributed by atoms with Crippen LogP contribution < -0.4 is 10.3 Å². The summed E-state index contributed by atoms with van der Waals surface area (Å²) in [6.07, 6.45) is 0.408. The van der Waals surface area contributed by atoms with Crippen molar-refractivity contribution in [2.75, 3.05) is 6.61 Å². The number of nitrogens with one attached hydrogen (secondary N) is 1. The van der Waals surface area contributed by atoms with Crippen LogP contribution in [0.1, 0.15) is 18.9 Å².